The lowest BCUT2D eigenvalue weighted by atomic mass is 10.0. The number of pyridine rings is 1. The average molecular weight is 491 g/mol. The lowest BCUT2D eigenvalue weighted by molar-refractivity contribution is -0.384. The Morgan fingerprint density at radius 3 is 2.66 bits per heavy atom. The predicted molar refractivity (Wildman–Crippen MR) is 132 cm³/mol. The third kappa shape index (κ3) is 4.08. The molecule has 0 saturated carbocycles. The number of non-ortho nitro benzene ring substituents is 1. The quantitative estimate of drug-likeness (QED) is 0.213. The Kier molecular flexibility index (Phi) is 5.87. The van der Waals surface area contributed by atoms with E-state index in [4.69, 9.17) is 21.4 Å². The number of hydrogen-bond donors (Lipinski definition) is 1. The molecule has 0 radical (unpaired) electrons. The highest BCUT2D eigenvalue weighted by Crippen LogP contribution is 2.44. The van der Waals surface area contributed by atoms with Crippen LogP contribution in [0.3, 0.4) is 0 Å². The van der Waals surface area contributed by atoms with Crippen molar-refractivity contribution in [2.45, 2.75) is 12.1 Å². The van der Waals surface area contributed by atoms with Crippen molar-refractivity contribution in [2.24, 2.45) is 0 Å². The fourth-order valence-corrected chi connectivity index (χ4v) is 4.54. The van der Waals surface area contributed by atoms with Gasteiger partial charge < -0.3 is 19.4 Å². The number of furan rings is 1. The number of nitro benzene ring substituents is 1. The zero-order valence-electron chi connectivity index (χ0n) is 18.4. The van der Waals surface area contributed by atoms with Gasteiger partial charge in [-0.05, 0) is 54.7 Å². The van der Waals surface area contributed by atoms with Gasteiger partial charge in [0.25, 0.3) is 5.69 Å². The lowest BCUT2D eigenvalue weighted by Crippen LogP contribution is -2.30. The molecule has 10 heteroatoms. The predicted octanol–water partition coefficient (Wildman–Crippen LogP) is 5.57. The number of ether oxygens (including phenoxy) is 1. The Hall–Kier alpha value is -4.31. The van der Waals surface area contributed by atoms with Crippen LogP contribution in [0.5, 0.6) is 5.75 Å². The van der Waals surface area contributed by atoms with Gasteiger partial charge in [0, 0.05) is 12.3 Å². The van der Waals surface area contributed by atoms with Gasteiger partial charge in [-0.1, -0.05) is 18.2 Å². The molecule has 2 aromatic heterocycles. The number of nitrogens with one attached hydrogen (secondary N) is 1. The number of hydrogen-bond acceptors (Lipinski definition) is 6. The molecular formula is C25H19FN4O4S. The largest absolute Gasteiger partial charge is 0.496 e. The van der Waals surface area contributed by atoms with Gasteiger partial charge in [-0.3, -0.25) is 15.1 Å². The average Bonchev–Trinajstić information content (AvgIpc) is 3.49. The van der Waals surface area contributed by atoms with Gasteiger partial charge in [-0.2, -0.15) is 0 Å². The van der Waals surface area contributed by atoms with Crippen molar-refractivity contribution < 1.29 is 18.5 Å². The van der Waals surface area contributed by atoms with Crippen molar-refractivity contribution in [1.29, 1.82) is 0 Å². The number of aromatic nitrogens is 1. The molecule has 0 bridgehead atoms. The molecule has 1 saturated heterocycles. The van der Waals surface area contributed by atoms with E-state index in [1.165, 1.54) is 25.3 Å². The van der Waals surface area contributed by atoms with E-state index in [0.717, 1.165) is 0 Å². The van der Waals surface area contributed by atoms with Crippen molar-refractivity contribution in [3.8, 4) is 17.1 Å². The number of halogens is 1. The van der Waals surface area contributed by atoms with Crippen LogP contribution in [0.4, 0.5) is 15.8 Å². The van der Waals surface area contributed by atoms with E-state index >= 15 is 0 Å². The van der Waals surface area contributed by atoms with Gasteiger partial charge in [0.1, 0.15) is 29.1 Å². The maximum Gasteiger partial charge on any atom is 0.273 e. The molecule has 35 heavy (non-hydrogen) atoms. The van der Waals surface area contributed by atoms with E-state index < -0.39 is 22.8 Å². The van der Waals surface area contributed by atoms with Crippen molar-refractivity contribution >= 4 is 28.7 Å². The normalized spacial score (nSPS) is 17.3. The number of nitro groups is 1. The fourth-order valence-electron chi connectivity index (χ4n) is 4.20. The summed E-state index contributed by atoms with van der Waals surface area (Å²) in [6.45, 7) is 0. The van der Waals surface area contributed by atoms with E-state index in [0.29, 0.717) is 39.3 Å². The Labute approximate surface area is 205 Å². The monoisotopic (exact) mass is 490 g/mol. The molecular weight excluding hydrogens is 471 g/mol. The van der Waals surface area contributed by atoms with Crippen LogP contribution in [0.1, 0.15) is 23.5 Å². The molecule has 0 aliphatic carbocycles. The van der Waals surface area contributed by atoms with E-state index in [9.17, 15) is 14.5 Å². The van der Waals surface area contributed by atoms with Gasteiger partial charge >= 0.3 is 0 Å². The second kappa shape index (κ2) is 9.15. The van der Waals surface area contributed by atoms with Crippen molar-refractivity contribution in [3.05, 3.63) is 106 Å². The first-order valence-electron chi connectivity index (χ1n) is 10.7. The first-order chi connectivity index (χ1) is 17.0. The number of thiocarbonyl (C=S) groups is 1. The van der Waals surface area contributed by atoms with E-state index in [2.05, 4.69) is 10.3 Å². The minimum absolute atomic E-state index is 0.0938. The Morgan fingerprint density at radius 2 is 1.94 bits per heavy atom. The molecule has 0 amide bonds. The molecule has 5 rings (SSSR count). The second-order valence-corrected chi connectivity index (χ2v) is 8.18. The minimum atomic E-state index is -0.549. The zero-order chi connectivity index (χ0) is 24.5. The number of rotatable bonds is 6. The highest BCUT2D eigenvalue weighted by atomic mass is 32.1. The molecule has 8 nitrogen and oxygen atoms in total. The SMILES string of the molecule is COc1cc([N+](=O)[O-])ccc1-c1ccc([C@H]2[C@@H](c3ccccn3)NC(=S)N2c2ccccc2F)o1. The summed E-state index contributed by atoms with van der Waals surface area (Å²) in [4.78, 5) is 16.8. The number of anilines is 1. The molecule has 2 atom stereocenters. The maximum atomic E-state index is 14.9. The Bertz CT molecular complexity index is 1410. The van der Waals surface area contributed by atoms with E-state index in [1.807, 2.05) is 18.2 Å². The molecule has 176 valence electrons. The molecule has 1 aliphatic rings. The van der Waals surface area contributed by atoms with Gasteiger partial charge in [0.15, 0.2) is 5.11 Å². The molecule has 3 heterocycles. The van der Waals surface area contributed by atoms with Crippen LogP contribution in [0.2, 0.25) is 0 Å². The molecule has 1 fully saturated rings. The third-order valence-corrected chi connectivity index (χ3v) is 6.10. The summed E-state index contributed by atoms with van der Waals surface area (Å²) in [5.41, 5.74) is 1.47. The summed E-state index contributed by atoms with van der Waals surface area (Å²) < 4.78 is 26.5. The summed E-state index contributed by atoms with van der Waals surface area (Å²) in [6, 6.07) is 18.8. The fraction of sp³-hybridized carbons (Fsp3) is 0.120. The maximum absolute atomic E-state index is 14.9. The number of para-hydroxylation sites is 1. The van der Waals surface area contributed by atoms with Gasteiger partial charge in [0.05, 0.1) is 41.1 Å². The van der Waals surface area contributed by atoms with Gasteiger partial charge in [-0.15, -0.1) is 0 Å². The zero-order valence-corrected chi connectivity index (χ0v) is 19.2. The number of benzene rings is 2. The van der Waals surface area contributed by atoms with Crippen LogP contribution < -0.4 is 15.0 Å². The van der Waals surface area contributed by atoms with Crippen molar-refractivity contribution in [1.82, 2.24) is 10.3 Å². The Balaban J connectivity index is 1.61. The number of methoxy groups -OCH3 is 1. The van der Waals surface area contributed by atoms with E-state index in [1.54, 1.807) is 47.5 Å². The first kappa shape index (κ1) is 22.5. The first-order valence-corrected chi connectivity index (χ1v) is 11.1. The lowest BCUT2D eigenvalue weighted by Gasteiger charge is -2.26. The summed E-state index contributed by atoms with van der Waals surface area (Å²) >= 11 is 5.61. The molecule has 1 N–H and O–H groups in total. The highest BCUT2D eigenvalue weighted by Gasteiger charge is 2.43. The number of nitrogens with zero attached hydrogens (tertiary/aromatic N) is 3. The topological polar surface area (TPSA) is 93.7 Å². The van der Waals surface area contributed by atoms with Crippen LogP contribution in [-0.2, 0) is 0 Å². The van der Waals surface area contributed by atoms with Crippen molar-refractivity contribution in [3.63, 3.8) is 0 Å². The Morgan fingerprint density at radius 1 is 1.14 bits per heavy atom. The van der Waals surface area contributed by atoms with Gasteiger partial charge in [-0.25, -0.2) is 4.39 Å². The second-order valence-electron chi connectivity index (χ2n) is 7.79. The highest BCUT2D eigenvalue weighted by molar-refractivity contribution is 7.80. The molecule has 0 unspecified atom stereocenters. The van der Waals surface area contributed by atoms with E-state index in [-0.39, 0.29) is 5.69 Å². The summed E-state index contributed by atoms with van der Waals surface area (Å²) in [5.74, 6) is 0.823. The summed E-state index contributed by atoms with van der Waals surface area (Å²) in [7, 11) is 1.43. The van der Waals surface area contributed by atoms with Crippen LogP contribution in [0.15, 0.2) is 83.4 Å². The molecule has 4 aromatic rings. The molecule has 2 aromatic carbocycles. The summed E-state index contributed by atoms with van der Waals surface area (Å²) in [5, 5.41) is 14.7. The van der Waals surface area contributed by atoms with Crippen molar-refractivity contribution in [2.75, 3.05) is 12.0 Å². The smallest absolute Gasteiger partial charge is 0.273 e. The minimum Gasteiger partial charge on any atom is -0.496 e. The van der Waals surface area contributed by atoms with Gasteiger partial charge in [0.2, 0.25) is 0 Å². The summed E-state index contributed by atoms with van der Waals surface area (Å²) in [6.07, 6.45) is 1.68. The molecule has 0 spiro atoms. The van der Waals surface area contributed by atoms with Crippen LogP contribution in [-0.4, -0.2) is 22.1 Å². The van der Waals surface area contributed by atoms with Crippen LogP contribution in [0.25, 0.3) is 11.3 Å². The third-order valence-electron chi connectivity index (χ3n) is 5.79. The van der Waals surface area contributed by atoms with Crippen LogP contribution >= 0.6 is 12.2 Å². The molecule has 1 aliphatic heterocycles. The van der Waals surface area contributed by atoms with Crippen LogP contribution in [0, 0.1) is 15.9 Å². The standard InChI is InChI=1S/C25H19FN4O4S/c1-33-22-14-15(30(31)32)9-10-16(22)20-11-12-21(34-20)24-23(18-7-4-5-13-27-18)28-25(35)29(24)19-8-3-2-6-17(19)26/h2-14,23-24H,1H3,(H,28,35)/t23-,24+/m1/s1.